The van der Waals surface area contributed by atoms with E-state index < -0.39 is 11.5 Å². The van der Waals surface area contributed by atoms with Gasteiger partial charge >= 0.3 is 35.2 Å². The summed E-state index contributed by atoms with van der Waals surface area (Å²) in [5.41, 5.74) is -0.322. The maximum absolute atomic E-state index is 12.3. The fraction of sp³-hybridized carbons (Fsp3) is 0.176. The van der Waals surface area contributed by atoms with Gasteiger partial charge in [-0.1, -0.05) is 12.1 Å². The molecule has 2 heterocycles. The monoisotopic (exact) mass is 321 g/mol. The predicted octanol–water partition coefficient (Wildman–Crippen LogP) is 0.207. The van der Waals surface area contributed by atoms with E-state index in [-0.39, 0.29) is 53.1 Å². The molecule has 0 saturated carbocycles. The molecule has 1 unspecified atom stereocenters. The van der Waals surface area contributed by atoms with Gasteiger partial charge < -0.3 is 13.9 Å². The van der Waals surface area contributed by atoms with Crippen molar-refractivity contribution in [1.29, 1.82) is 0 Å². The van der Waals surface area contributed by atoms with E-state index in [0.717, 1.165) is 0 Å². The van der Waals surface area contributed by atoms with Crippen LogP contribution < -0.4 is 35.2 Å². The first-order valence-corrected chi connectivity index (χ1v) is 6.85. The van der Waals surface area contributed by atoms with E-state index >= 15 is 0 Å². The minimum atomic E-state index is -0.673. The van der Waals surface area contributed by atoms with Crippen LogP contribution in [0.5, 0.6) is 5.75 Å². The van der Waals surface area contributed by atoms with Gasteiger partial charge in [0.2, 0.25) is 0 Å². The maximum Gasteiger partial charge on any atom is 1.00 e. The Bertz CT molecular complexity index is 880. The van der Waals surface area contributed by atoms with E-state index in [1.54, 1.807) is 36.4 Å². The molecule has 0 saturated heterocycles. The van der Waals surface area contributed by atoms with Crippen LogP contribution in [0.4, 0.5) is 0 Å². The molecule has 0 fully saturated rings. The Balaban J connectivity index is 0.00000192. The normalized spacial score (nSPS) is 11.9. The molecular formula is C17H14NaO5+. The van der Waals surface area contributed by atoms with Crippen molar-refractivity contribution in [3.63, 3.8) is 0 Å². The number of benzene rings is 1. The van der Waals surface area contributed by atoms with Crippen molar-refractivity contribution in [2.75, 3.05) is 0 Å². The standard InChI is InChI=1S/C17H14O5.Na/c1-10(18)9-12(13-7-4-8-21-13)15-16(19)11-5-2-3-6-14(11)22-17(15)20;/h2-8,12,19H,9H2,1H3;/q;+1. The van der Waals surface area contributed by atoms with Crippen LogP contribution >= 0.6 is 0 Å². The Labute approximate surface area is 154 Å². The van der Waals surface area contributed by atoms with Gasteiger partial charge in [0.05, 0.1) is 23.1 Å². The third-order valence-corrected chi connectivity index (χ3v) is 3.55. The van der Waals surface area contributed by atoms with E-state index in [2.05, 4.69) is 0 Å². The molecule has 5 nitrogen and oxygen atoms in total. The van der Waals surface area contributed by atoms with Crippen molar-refractivity contribution in [3.05, 3.63) is 64.4 Å². The molecule has 0 aliphatic heterocycles. The van der Waals surface area contributed by atoms with Crippen LogP contribution in [0.1, 0.15) is 30.6 Å². The Morgan fingerprint density at radius 1 is 1.22 bits per heavy atom. The molecule has 3 aromatic rings. The average molecular weight is 321 g/mol. The van der Waals surface area contributed by atoms with E-state index in [0.29, 0.717) is 16.7 Å². The predicted molar refractivity (Wildman–Crippen MR) is 80.0 cm³/mol. The molecule has 1 N–H and O–H groups in total. The fourth-order valence-corrected chi connectivity index (χ4v) is 2.58. The van der Waals surface area contributed by atoms with Crippen LogP contribution in [0.3, 0.4) is 0 Å². The summed E-state index contributed by atoms with van der Waals surface area (Å²) in [6, 6.07) is 10.0. The molecule has 1 atom stereocenters. The van der Waals surface area contributed by atoms with Crippen LogP contribution in [0, 0.1) is 0 Å². The SMILES string of the molecule is CC(=O)CC(c1ccco1)c1c(O)c2ccccc2oc1=O.[Na+]. The van der Waals surface area contributed by atoms with Crippen molar-refractivity contribution >= 4 is 16.8 Å². The van der Waals surface area contributed by atoms with Gasteiger partial charge in [-0.05, 0) is 31.2 Å². The molecule has 0 aliphatic rings. The van der Waals surface area contributed by atoms with Gasteiger partial charge in [-0.25, -0.2) is 4.79 Å². The maximum atomic E-state index is 12.3. The summed E-state index contributed by atoms with van der Waals surface area (Å²) in [6.45, 7) is 1.43. The summed E-state index contributed by atoms with van der Waals surface area (Å²) in [5.74, 6) is -0.524. The van der Waals surface area contributed by atoms with Crippen LogP contribution in [0.15, 0.2) is 56.3 Å². The van der Waals surface area contributed by atoms with Crippen LogP contribution in [0.25, 0.3) is 11.0 Å². The second-order valence-electron chi connectivity index (χ2n) is 5.12. The molecule has 0 bridgehead atoms. The summed E-state index contributed by atoms with van der Waals surface area (Å²) >= 11 is 0. The van der Waals surface area contributed by atoms with Crippen molar-refractivity contribution < 1.29 is 48.3 Å². The van der Waals surface area contributed by atoms with Gasteiger partial charge in [-0.2, -0.15) is 0 Å². The molecule has 112 valence electrons. The zero-order chi connectivity index (χ0) is 15.7. The molecule has 6 heteroatoms. The minimum absolute atomic E-state index is 0. The molecule has 1 aromatic carbocycles. The molecule has 3 rings (SSSR count). The van der Waals surface area contributed by atoms with Crippen LogP contribution in [0.2, 0.25) is 0 Å². The zero-order valence-electron chi connectivity index (χ0n) is 12.9. The van der Waals surface area contributed by atoms with E-state index in [1.807, 2.05) is 0 Å². The van der Waals surface area contributed by atoms with Gasteiger partial charge in [0.1, 0.15) is 22.9 Å². The minimum Gasteiger partial charge on any atom is -0.507 e. The number of ketones is 1. The van der Waals surface area contributed by atoms with Crippen molar-refractivity contribution in [2.45, 2.75) is 19.3 Å². The number of carbonyl (C=O) groups is 1. The third-order valence-electron chi connectivity index (χ3n) is 3.55. The number of aromatic hydroxyl groups is 1. The van der Waals surface area contributed by atoms with Gasteiger partial charge in [-0.3, -0.25) is 4.79 Å². The summed E-state index contributed by atoms with van der Waals surface area (Å²) < 4.78 is 10.6. The average Bonchev–Trinajstić information content (AvgIpc) is 3.00. The zero-order valence-corrected chi connectivity index (χ0v) is 14.9. The fourth-order valence-electron chi connectivity index (χ4n) is 2.58. The molecule has 0 radical (unpaired) electrons. The number of furan rings is 1. The Hall–Kier alpha value is -1.82. The molecule has 23 heavy (non-hydrogen) atoms. The number of rotatable bonds is 4. The summed E-state index contributed by atoms with van der Waals surface area (Å²) in [7, 11) is 0. The Kier molecular flexibility index (Phi) is 5.46. The van der Waals surface area contributed by atoms with Gasteiger partial charge in [0, 0.05) is 6.42 Å². The number of hydrogen-bond donors (Lipinski definition) is 1. The summed E-state index contributed by atoms with van der Waals surface area (Å²) in [6.07, 6.45) is 1.51. The molecule has 0 amide bonds. The second kappa shape index (κ2) is 7.17. The van der Waals surface area contributed by atoms with Gasteiger partial charge in [-0.15, -0.1) is 0 Å². The largest absolute Gasteiger partial charge is 1.00 e. The molecule has 0 spiro atoms. The van der Waals surface area contributed by atoms with E-state index in [9.17, 15) is 14.7 Å². The number of para-hydroxylation sites is 1. The first-order valence-electron chi connectivity index (χ1n) is 6.85. The van der Waals surface area contributed by atoms with Gasteiger partial charge in [0.15, 0.2) is 0 Å². The summed E-state index contributed by atoms with van der Waals surface area (Å²) in [4.78, 5) is 23.8. The quantitative estimate of drug-likeness (QED) is 0.549. The molecule has 0 aliphatic carbocycles. The first kappa shape index (κ1) is 17.5. The van der Waals surface area contributed by atoms with Crippen molar-refractivity contribution in [3.8, 4) is 5.75 Å². The summed E-state index contributed by atoms with van der Waals surface area (Å²) in [5, 5.41) is 10.9. The third kappa shape index (κ3) is 3.42. The number of fused-ring (bicyclic) bond motifs is 1. The van der Waals surface area contributed by atoms with Crippen LogP contribution in [-0.2, 0) is 4.79 Å². The molecular weight excluding hydrogens is 307 g/mol. The van der Waals surface area contributed by atoms with E-state index in [4.69, 9.17) is 8.83 Å². The van der Waals surface area contributed by atoms with Crippen molar-refractivity contribution in [1.82, 2.24) is 0 Å². The Morgan fingerprint density at radius 2 is 1.96 bits per heavy atom. The molecule has 2 aromatic heterocycles. The van der Waals surface area contributed by atoms with Crippen LogP contribution in [-0.4, -0.2) is 10.9 Å². The number of Topliss-reactive ketones (excluding diaryl/α,β-unsaturated/α-hetero) is 1. The van der Waals surface area contributed by atoms with Gasteiger partial charge in [0.25, 0.3) is 0 Å². The number of carbonyl (C=O) groups excluding carboxylic acids is 1. The topological polar surface area (TPSA) is 80.7 Å². The second-order valence-corrected chi connectivity index (χ2v) is 5.12. The van der Waals surface area contributed by atoms with E-state index in [1.165, 1.54) is 13.2 Å². The first-order chi connectivity index (χ1) is 10.6. The number of hydrogen-bond acceptors (Lipinski definition) is 5. The smallest absolute Gasteiger partial charge is 0.507 e. The Morgan fingerprint density at radius 3 is 2.61 bits per heavy atom. The van der Waals surface area contributed by atoms with Crippen molar-refractivity contribution in [2.24, 2.45) is 0 Å².